The van der Waals surface area contributed by atoms with Crippen molar-refractivity contribution in [2.45, 2.75) is 77.8 Å². The lowest BCUT2D eigenvalue weighted by atomic mass is 10.9. The molecule has 0 amide bonds. The Morgan fingerprint density at radius 2 is 0.789 bits per heavy atom. The second-order valence-corrected chi connectivity index (χ2v) is 16.9. The van der Waals surface area contributed by atoms with E-state index >= 15 is 0 Å². The van der Waals surface area contributed by atoms with E-state index in [9.17, 15) is 9.59 Å². The molecule has 0 aromatic rings. The third-order valence-corrected chi connectivity index (χ3v) is 17.9. The summed E-state index contributed by atoms with van der Waals surface area (Å²) in [4.78, 5) is 20.6. The summed E-state index contributed by atoms with van der Waals surface area (Å²) in [7, 11) is -8.04. The molecule has 0 bridgehead atoms. The summed E-state index contributed by atoms with van der Waals surface area (Å²) in [6.07, 6.45) is 0. The summed E-state index contributed by atoms with van der Waals surface area (Å²) in [6, 6.07) is 5.41. The van der Waals surface area contributed by atoms with Gasteiger partial charge in [-0.3, -0.25) is 0 Å². The first-order valence-corrected chi connectivity index (χ1v) is 14.4. The Hall–Kier alpha value is 0.491. The third-order valence-electron chi connectivity index (χ3n) is 4.56. The topological polar surface area (TPSA) is 58.9 Å². The van der Waals surface area contributed by atoms with Gasteiger partial charge in [-0.1, -0.05) is 41.5 Å². The fourth-order valence-electron chi connectivity index (χ4n) is 2.52. The van der Waals surface area contributed by atoms with Gasteiger partial charge in [0.25, 0.3) is 0 Å². The first-order chi connectivity index (χ1) is 8.78. The highest BCUT2D eigenvalue weighted by molar-refractivity contribution is 6.85. The van der Waals surface area contributed by atoms with Gasteiger partial charge in [-0.2, -0.15) is 0 Å². The predicted octanol–water partition coefficient (Wildman–Crippen LogP) is 3.45. The Morgan fingerprint density at radius 3 is 0.947 bits per heavy atom. The molecule has 0 heterocycles. The molecule has 0 aromatic heterocycles. The van der Waals surface area contributed by atoms with Gasteiger partial charge in [0.2, 0.25) is 0 Å². The minimum absolute atomic E-state index is 0.901. The zero-order chi connectivity index (χ0) is 15.2. The molecule has 0 saturated heterocycles. The summed E-state index contributed by atoms with van der Waals surface area (Å²) < 4.78 is 11.7. The molecule has 2 N–H and O–H groups in total. The zero-order valence-corrected chi connectivity index (χ0v) is 16.5. The summed E-state index contributed by atoms with van der Waals surface area (Å²) >= 11 is 0. The van der Waals surface area contributed by atoms with Crippen molar-refractivity contribution in [3.63, 3.8) is 0 Å². The number of rotatable bonds is 10. The number of hydrogen-bond donors (Lipinski definition) is 2. The molecule has 0 aromatic carbocycles. The van der Waals surface area contributed by atoms with Gasteiger partial charge in [0, 0.05) is 0 Å². The molecule has 116 valence electrons. The maximum Gasteiger partial charge on any atom is 0.652 e. The third kappa shape index (κ3) is 5.41. The lowest BCUT2D eigenvalue weighted by molar-refractivity contribution is 0.128. The fourth-order valence-corrected chi connectivity index (χ4v) is 14.0. The van der Waals surface area contributed by atoms with Crippen LogP contribution < -0.4 is 0 Å². The van der Waals surface area contributed by atoms with Crippen LogP contribution in [-0.2, 0) is 8.23 Å². The van der Waals surface area contributed by atoms with Crippen LogP contribution in [0.3, 0.4) is 0 Å². The van der Waals surface area contributed by atoms with Gasteiger partial charge in [-0.05, 0) is 36.3 Å². The SMILES string of the molecule is CC[Si](CC)(CC)O[Si](O)(O)O[Si](CC)(CC)CC. The monoisotopic (exact) mass is 324 g/mol. The van der Waals surface area contributed by atoms with Crippen LogP contribution in [0.1, 0.15) is 41.5 Å². The zero-order valence-electron chi connectivity index (χ0n) is 13.5. The summed E-state index contributed by atoms with van der Waals surface area (Å²) in [6.45, 7) is 12.5. The van der Waals surface area contributed by atoms with Crippen molar-refractivity contribution < 1.29 is 17.8 Å². The molecule has 0 radical (unpaired) electrons. The first kappa shape index (κ1) is 19.5. The molecule has 0 saturated carbocycles. The van der Waals surface area contributed by atoms with E-state index in [0.717, 1.165) is 36.3 Å². The van der Waals surface area contributed by atoms with Crippen LogP contribution in [0.4, 0.5) is 0 Å². The second-order valence-electron chi connectivity index (χ2n) is 5.24. The Bertz CT molecular complexity index is 213. The smallest absolute Gasteiger partial charge is 0.394 e. The molecule has 0 atom stereocenters. The Kier molecular flexibility index (Phi) is 8.27. The van der Waals surface area contributed by atoms with Crippen molar-refractivity contribution >= 4 is 25.7 Å². The van der Waals surface area contributed by atoms with Gasteiger partial charge in [0.15, 0.2) is 16.6 Å². The second kappa shape index (κ2) is 8.06. The lowest BCUT2D eigenvalue weighted by Gasteiger charge is -2.38. The van der Waals surface area contributed by atoms with E-state index in [1.54, 1.807) is 0 Å². The van der Waals surface area contributed by atoms with E-state index in [-0.39, 0.29) is 0 Å². The number of hydrogen-bond acceptors (Lipinski definition) is 4. The molecule has 0 aliphatic heterocycles. The van der Waals surface area contributed by atoms with E-state index in [1.165, 1.54) is 0 Å². The normalized spacial score (nSPS) is 13.9. The highest BCUT2D eigenvalue weighted by atomic mass is 28.5. The van der Waals surface area contributed by atoms with Gasteiger partial charge >= 0.3 is 9.05 Å². The molecular weight excluding hydrogens is 292 g/mol. The first-order valence-electron chi connectivity index (χ1n) is 7.63. The minimum atomic E-state index is -3.98. The minimum Gasteiger partial charge on any atom is -0.394 e. The van der Waals surface area contributed by atoms with E-state index < -0.39 is 25.7 Å². The van der Waals surface area contributed by atoms with Crippen LogP contribution in [0, 0.1) is 0 Å². The maximum atomic E-state index is 10.3. The van der Waals surface area contributed by atoms with Gasteiger partial charge in [-0.15, -0.1) is 0 Å². The van der Waals surface area contributed by atoms with Crippen molar-refractivity contribution in [1.82, 2.24) is 0 Å². The summed E-state index contributed by atoms with van der Waals surface area (Å²) in [5.41, 5.74) is 0. The largest absolute Gasteiger partial charge is 0.652 e. The average Bonchev–Trinajstić information content (AvgIpc) is 2.42. The van der Waals surface area contributed by atoms with Crippen LogP contribution in [0.25, 0.3) is 0 Å². The standard InChI is InChI=1S/C12H32O4Si3/c1-7-17(8-2,9-3)15-19(13,14)16-18(10-4,11-5)12-6/h13-14H,7-12H2,1-6H3. The highest BCUT2D eigenvalue weighted by Crippen LogP contribution is 2.29. The van der Waals surface area contributed by atoms with Crippen molar-refractivity contribution in [2.75, 3.05) is 0 Å². The molecule has 19 heavy (non-hydrogen) atoms. The van der Waals surface area contributed by atoms with Crippen LogP contribution in [0.15, 0.2) is 0 Å². The van der Waals surface area contributed by atoms with Crippen LogP contribution >= 0.6 is 0 Å². The average molecular weight is 325 g/mol. The van der Waals surface area contributed by atoms with E-state index in [0.29, 0.717) is 0 Å². The van der Waals surface area contributed by atoms with Gasteiger partial charge < -0.3 is 17.8 Å². The Labute approximate surface area is 121 Å². The van der Waals surface area contributed by atoms with Gasteiger partial charge in [-0.25, -0.2) is 0 Å². The van der Waals surface area contributed by atoms with Crippen LogP contribution in [0.5, 0.6) is 0 Å². The molecule has 0 unspecified atom stereocenters. The van der Waals surface area contributed by atoms with Gasteiger partial charge in [0.1, 0.15) is 0 Å². The molecule has 0 fully saturated rings. The van der Waals surface area contributed by atoms with E-state index in [4.69, 9.17) is 8.23 Å². The van der Waals surface area contributed by atoms with Gasteiger partial charge in [0.05, 0.1) is 0 Å². The quantitative estimate of drug-likeness (QED) is 0.604. The van der Waals surface area contributed by atoms with Crippen molar-refractivity contribution in [1.29, 1.82) is 0 Å². The summed E-state index contributed by atoms with van der Waals surface area (Å²) in [5.74, 6) is 0. The highest BCUT2D eigenvalue weighted by Gasteiger charge is 2.50. The van der Waals surface area contributed by atoms with Crippen molar-refractivity contribution in [2.24, 2.45) is 0 Å². The van der Waals surface area contributed by atoms with Crippen LogP contribution in [-0.4, -0.2) is 35.3 Å². The maximum absolute atomic E-state index is 10.3. The molecule has 0 aliphatic rings. The van der Waals surface area contributed by atoms with Crippen molar-refractivity contribution in [3.05, 3.63) is 0 Å². The molecule has 4 nitrogen and oxygen atoms in total. The lowest BCUT2D eigenvalue weighted by Crippen LogP contribution is -2.59. The Morgan fingerprint density at radius 1 is 0.579 bits per heavy atom. The molecule has 0 aliphatic carbocycles. The van der Waals surface area contributed by atoms with E-state index in [2.05, 4.69) is 41.5 Å². The molecule has 0 rings (SSSR count). The summed E-state index contributed by atoms with van der Waals surface area (Å²) in [5, 5.41) is 0. The fraction of sp³-hybridized carbons (Fsp3) is 1.00. The van der Waals surface area contributed by atoms with Crippen LogP contribution in [0.2, 0.25) is 36.3 Å². The molecule has 0 spiro atoms. The molecule has 7 heteroatoms. The Balaban J connectivity index is 4.96. The predicted molar refractivity (Wildman–Crippen MR) is 86.8 cm³/mol. The van der Waals surface area contributed by atoms with Crippen molar-refractivity contribution in [3.8, 4) is 0 Å². The molecular formula is C12H32O4Si3. The van der Waals surface area contributed by atoms with E-state index in [1.807, 2.05) is 0 Å².